The number of hydrogen-bond donors (Lipinski definition) is 7. The zero-order valence-electron chi connectivity index (χ0n) is 28.6. The van der Waals surface area contributed by atoms with Crippen LogP contribution in [0.3, 0.4) is 0 Å². The Morgan fingerprint density at radius 3 is 1.69 bits per heavy atom. The van der Waals surface area contributed by atoms with E-state index >= 15 is 0 Å². The number of nitrogens with zero attached hydrogens (tertiary/aromatic N) is 1. The van der Waals surface area contributed by atoms with Crippen LogP contribution in [0.1, 0.15) is 85.2 Å². The van der Waals surface area contributed by atoms with E-state index in [4.69, 9.17) is 14.4 Å². The quantitative estimate of drug-likeness (QED) is 0.126. The molecule has 5 rings (SSSR count). The van der Waals surface area contributed by atoms with Gasteiger partial charge in [-0.3, -0.25) is 24.0 Å². The maximum Gasteiger partial charge on any atom is 0.492 e. The normalized spacial score (nSPS) is 20.3. The predicted octanol–water partition coefficient (Wildman–Crippen LogP) is -1.45. The van der Waals surface area contributed by atoms with Gasteiger partial charge in [-0.1, -0.05) is 12.1 Å². The van der Waals surface area contributed by atoms with Crippen molar-refractivity contribution in [2.45, 2.75) is 82.7 Å². The van der Waals surface area contributed by atoms with Gasteiger partial charge in [0.1, 0.15) is 6.04 Å². The number of carboxylic acids is 2. The number of aliphatic carboxylic acids is 2. The van der Waals surface area contributed by atoms with Crippen LogP contribution in [0, 0.1) is 0 Å². The van der Waals surface area contributed by atoms with E-state index < -0.39 is 85.6 Å². The lowest BCUT2D eigenvalue weighted by Crippen LogP contribution is -2.51. The summed E-state index contributed by atoms with van der Waals surface area (Å²) in [5.74, 6) is -4.95. The van der Waals surface area contributed by atoms with Crippen molar-refractivity contribution in [3.63, 3.8) is 0 Å². The van der Waals surface area contributed by atoms with Gasteiger partial charge in [-0.05, 0) is 80.4 Å². The van der Waals surface area contributed by atoms with Crippen molar-refractivity contribution in [1.82, 2.24) is 20.9 Å². The van der Waals surface area contributed by atoms with Crippen LogP contribution in [-0.2, 0) is 39.7 Å². The molecule has 0 bridgehead atoms. The SMILES string of the molecule is CC1(C)OB(O)c2cc(C(=O)NC3CN(C(=O)CCC(=O)NC(CCC(=O)O)C(=O)O)CC3NC(=O)c3ccc4c(c3)B(O)OC4(C)C)ccc21. The molecular formula is C33H40B2N4O12. The van der Waals surface area contributed by atoms with E-state index in [9.17, 15) is 43.9 Å². The third-order valence-electron chi connectivity index (χ3n) is 9.42. The van der Waals surface area contributed by atoms with Gasteiger partial charge in [-0.25, -0.2) is 4.79 Å². The number of carbonyl (C=O) groups is 6. The lowest BCUT2D eigenvalue weighted by atomic mass is 9.77. The second-order valence-electron chi connectivity index (χ2n) is 13.9. The molecular weight excluding hydrogens is 666 g/mol. The highest BCUT2D eigenvalue weighted by atomic mass is 16.5. The lowest BCUT2D eigenvalue weighted by molar-refractivity contribution is -0.143. The Balaban J connectivity index is 1.30. The molecule has 1 fully saturated rings. The molecule has 1 saturated heterocycles. The summed E-state index contributed by atoms with van der Waals surface area (Å²) >= 11 is 0. The maximum absolute atomic E-state index is 13.5. The third kappa shape index (κ3) is 8.25. The van der Waals surface area contributed by atoms with Crippen LogP contribution >= 0.6 is 0 Å². The maximum atomic E-state index is 13.5. The first-order chi connectivity index (χ1) is 23.9. The number of amides is 4. The van der Waals surface area contributed by atoms with Crippen molar-refractivity contribution in [2.24, 2.45) is 0 Å². The van der Waals surface area contributed by atoms with Crippen molar-refractivity contribution < 1.29 is 58.3 Å². The molecule has 3 aliphatic rings. The number of carbonyl (C=O) groups excluding carboxylic acids is 4. The number of hydrogen-bond acceptors (Lipinski definition) is 10. The molecule has 0 radical (unpaired) electrons. The Morgan fingerprint density at radius 2 is 1.25 bits per heavy atom. The van der Waals surface area contributed by atoms with Crippen molar-refractivity contribution in [1.29, 1.82) is 0 Å². The van der Waals surface area contributed by atoms with Crippen molar-refractivity contribution in [3.8, 4) is 0 Å². The van der Waals surface area contributed by atoms with Gasteiger partial charge in [-0.2, -0.15) is 0 Å². The Hall–Kier alpha value is -4.77. The second kappa shape index (κ2) is 14.5. The minimum Gasteiger partial charge on any atom is -0.481 e. The molecule has 51 heavy (non-hydrogen) atoms. The molecule has 270 valence electrons. The van der Waals surface area contributed by atoms with E-state index in [2.05, 4.69) is 16.0 Å². The van der Waals surface area contributed by atoms with E-state index in [0.717, 1.165) is 11.1 Å². The Morgan fingerprint density at radius 1 is 0.784 bits per heavy atom. The highest BCUT2D eigenvalue weighted by Crippen LogP contribution is 2.31. The van der Waals surface area contributed by atoms with Crippen molar-refractivity contribution in [3.05, 3.63) is 58.7 Å². The van der Waals surface area contributed by atoms with E-state index in [1.54, 1.807) is 52.0 Å². The zero-order valence-corrected chi connectivity index (χ0v) is 28.6. The lowest BCUT2D eigenvalue weighted by Gasteiger charge is -2.22. The molecule has 0 aromatic heterocycles. The van der Waals surface area contributed by atoms with E-state index in [-0.39, 0.29) is 43.5 Å². The van der Waals surface area contributed by atoms with Crippen molar-refractivity contribution in [2.75, 3.05) is 13.1 Å². The molecule has 3 aliphatic heterocycles. The summed E-state index contributed by atoms with van der Waals surface area (Å²) in [4.78, 5) is 76.5. The Bertz CT molecular complexity index is 1680. The Kier molecular flexibility index (Phi) is 10.6. The Labute approximate surface area is 294 Å². The average Bonchev–Trinajstić information content (AvgIpc) is 3.64. The summed E-state index contributed by atoms with van der Waals surface area (Å²) in [6.07, 6.45) is -1.51. The molecule has 18 heteroatoms. The first-order valence-corrected chi connectivity index (χ1v) is 16.5. The van der Waals surface area contributed by atoms with Gasteiger partial charge in [0.05, 0.1) is 23.3 Å². The molecule has 0 spiro atoms. The van der Waals surface area contributed by atoms with E-state index in [1.165, 1.54) is 17.0 Å². The molecule has 16 nitrogen and oxygen atoms in total. The van der Waals surface area contributed by atoms with Gasteiger partial charge < -0.3 is 50.4 Å². The van der Waals surface area contributed by atoms with Crippen LogP contribution in [0.15, 0.2) is 36.4 Å². The summed E-state index contributed by atoms with van der Waals surface area (Å²) in [5, 5.41) is 47.0. The smallest absolute Gasteiger partial charge is 0.481 e. The second-order valence-corrected chi connectivity index (χ2v) is 13.9. The fraction of sp³-hybridized carbons (Fsp3) is 0.455. The molecule has 3 heterocycles. The van der Waals surface area contributed by atoms with Crippen molar-refractivity contribution >= 4 is 60.7 Å². The van der Waals surface area contributed by atoms with Gasteiger partial charge in [0.2, 0.25) is 11.8 Å². The summed E-state index contributed by atoms with van der Waals surface area (Å²) in [7, 11) is -2.45. The van der Waals surface area contributed by atoms with Crippen LogP contribution in [0.2, 0.25) is 0 Å². The molecule has 2 aromatic carbocycles. The minimum absolute atomic E-state index is 0.0395. The summed E-state index contributed by atoms with van der Waals surface area (Å²) < 4.78 is 11.2. The molecule has 0 saturated carbocycles. The summed E-state index contributed by atoms with van der Waals surface area (Å²) in [5.41, 5.74) is 1.25. The van der Waals surface area contributed by atoms with E-state index in [0.29, 0.717) is 10.9 Å². The third-order valence-corrected chi connectivity index (χ3v) is 9.42. The number of nitrogens with one attached hydrogen (secondary N) is 3. The van der Waals surface area contributed by atoms with Gasteiger partial charge in [-0.15, -0.1) is 0 Å². The summed E-state index contributed by atoms with van der Waals surface area (Å²) in [6, 6.07) is 6.58. The largest absolute Gasteiger partial charge is 0.492 e. The van der Waals surface area contributed by atoms with Crippen LogP contribution in [0.4, 0.5) is 0 Å². The molecule has 7 N–H and O–H groups in total. The number of likely N-dealkylation sites (tertiary alicyclic amines) is 1. The van der Waals surface area contributed by atoms with Gasteiger partial charge in [0.25, 0.3) is 11.8 Å². The summed E-state index contributed by atoms with van der Waals surface area (Å²) in [6.45, 7) is 7.10. The topological polar surface area (TPSA) is 241 Å². The van der Waals surface area contributed by atoms with Crippen LogP contribution < -0.4 is 26.9 Å². The van der Waals surface area contributed by atoms with Gasteiger partial charge in [0, 0.05) is 43.5 Å². The standard InChI is InChI=1S/C33H40B2N4O12/c1-32(2)19-7-5-17(13-21(19)34(48)50-32)29(44)37-24-15-39(27(41)11-10-26(40)36-23(31(46)47)9-12-28(42)43)16-25(24)38-30(45)18-6-8-20-22(14-18)35(49)51-33(20,3)4/h5-8,13-14,23-25,48-49H,9-12,15-16H2,1-4H3,(H,36,40)(H,37,44)(H,38,45)(H,42,43)(H,46,47). The number of fused-ring (bicyclic) bond motifs is 2. The van der Waals surface area contributed by atoms with Crippen LogP contribution in [0.25, 0.3) is 0 Å². The average molecular weight is 706 g/mol. The fourth-order valence-corrected chi connectivity index (χ4v) is 6.70. The van der Waals surface area contributed by atoms with Gasteiger partial charge in [0.15, 0.2) is 0 Å². The highest BCUT2D eigenvalue weighted by molar-refractivity contribution is 6.62. The minimum atomic E-state index is -1.44. The number of carboxylic acid groups (broad SMARTS) is 2. The molecule has 4 amide bonds. The first-order valence-electron chi connectivity index (χ1n) is 16.5. The zero-order chi connectivity index (χ0) is 37.4. The monoisotopic (exact) mass is 706 g/mol. The van der Waals surface area contributed by atoms with E-state index in [1.807, 2.05) is 0 Å². The molecule has 3 unspecified atom stereocenters. The predicted molar refractivity (Wildman–Crippen MR) is 181 cm³/mol. The van der Waals surface area contributed by atoms with Gasteiger partial charge >= 0.3 is 26.2 Å². The first kappa shape index (κ1) is 37.5. The molecule has 0 aliphatic carbocycles. The highest BCUT2D eigenvalue weighted by Gasteiger charge is 2.43. The number of rotatable bonds is 12. The number of benzene rings is 2. The van der Waals surface area contributed by atoms with Crippen LogP contribution in [0.5, 0.6) is 0 Å². The molecule has 2 aromatic rings. The molecule has 3 atom stereocenters. The van der Waals surface area contributed by atoms with Crippen LogP contribution in [-0.4, -0.2) is 106 Å². The fourth-order valence-electron chi connectivity index (χ4n) is 6.70.